The van der Waals surface area contributed by atoms with Crippen molar-refractivity contribution in [3.8, 4) is 28.4 Å². The Hall–Kier alpha value is -3.34. The lowest BCUT2D eigenvalue weighted by Crippen LogP contribution is -2.06. The minimum absolute atomic E-state index is 0.219. The Morgan fingerprint density at radius 2 is 1.44 bits per heavy atom. The molecule has 0 aliphatic heterocycles. The second-order valence-corrected chi connectivity index (χ2v) is 6.04. The van der Waals surface area contributed by atoms with Crippen molar-refractivity contribution in [1.82, 2.24) is 4.98 Å². The van der Waals surface area contributed by atoms with Crippen molar-refractivity contribution in [1.29, 1.82) is 0 Å². The largest absolute Gasteiger partial charge is 0.493 e. The van der Waals surface area contributed by atoms with Crippen LogP contribution in [0.25, 0.3) is 11.1 Å². The van der Waals surface area contributed by atoms with Crippen molar-refractivity contribution >= 4 is 5.78 Å². The quantitative estimate of drug-likeness (QED) is 0.611. The molecule has 0 aliphatic rings. The van der Waals surface area contributed by atoms with E-state index in [4.69, 9.17) is 14.2 Å². The Labute approximate surface area is 158 Å². The normalized spacial score (nSPS) is 10.4. The van der Waals surface area contributed by atoms with E-state index < -0.39 is 0 Å². The summed E-state index contributed by atoms with van der Waals surface area (Å²) in [5.41, 5.74) is 3.91. The molecule has 1 aromatic heterocycles. The van der Waals surface area contributed by atoms with Crippen LogP contribution in [0.4, 0.5) is 0 Å². The lowest BCUT2D eigenvalue weighted by atomic mass is 10.0. The summed E-state index contributed by atoms with van der Waals surface area (Å²) in [6.07, 6.45) is 1.64. The van der Waals surface area contributed by atoms with E-state index in [2.05, 4.69) is 4.98 Å². The Bertz CT molecular complexity index is 939. The number of carbonyl (C=O) groups is 1. The van der Waals surface area contributed by atoms with Crippen molar-refractivity contribution in [3.05, 3.63) is 71.5 Å². The topological polar surface area (TPSA) is 57.7 Å². The monoisotopic (exact) mass is 363 g/mol. The van der Waals surface area contributed by atoms with Crippen LogP contribution in [0.3, 0.4) is 0 Å². The van der Waals surface area contributed by atoms with Crippen molar-refractivity contribution < 1.29 is 19.0 Å². The zero-order chi connectivity index (χ0) is 19.4. The zero-order valence-electron chi connectivity index (χ0n) is 15.8. The maximum absolute atomic E-state index is 13.0. The van der Waals surface area contributed by atoms with Gasteiger partial charge in [0.25, 0.3) is 0 Å². The summed E-state index contributed by atoms with van der Waals surface area (Å²) in [6.45, 7) is 2.04. The number of methoxy groups -OCH3 is 3. The molecule has 0 radical (unpaired) electrons. The molecule has 0 saturated heterocycles. The smallest absolute Gasteiger partial charge is 0.211 e. The van der Waals surface area contributed by atoms with Crippen LogP contribution in [0.1, 0.15) is 21.6 Å². The fraction of sp³-hybridized carbons (Fsp3) is 0.182. The summed E-state index contributed by atoms with van der Waals surface area (Å²) < 4.78 is 16.0. The highest BCUT2D eigenvalue weighted by Crippen LogP contribution is 2.38. The van der Waals surface area contributed by atoms with E-state index in [-0.39, 0.29) is 5.78 Å². The van der Waals surface area contributed by atoms with E-state index in [1.165, 1.54) is 26.9 Å². The van der Waals surface area contributed by atoms with Crippen molar-refractivity contribution in [3.63, 3.8) is 0 Å². The van der Waals surface area contributed by atoms with Gasteiger partial charge in [-0.1, -0.05) is 29.8 Å². The van der Waals surface area contributed by atoms with Crippen LogP contribution in [-0.4, -0.2) is 32.1 Å². The highest BCUT2D eigenvalue weighted by Gasteiger charge is 2.19. The minimum atomic E-state index is -0.219. The molecule has 27 heavy (non-hydrogen) atoms. The molecule has 0 spiro atoms. The molecule has 138 valence electrons. The number of benzene rings is 2. The number of rotatable bonds is 6. The lowest BCUT2D eigenvalue weighted by molar-refractivity contribution is 0.103. The summed E-state index contributed by atoms with van der Waals surface area (Å²) in [5, 5.41) is 0. The van der Waals surface area contributed by atoms with E-state index >= 15 is 0 Å². The Morgan fingerprint density at radius 3 is 2.00 bits per heavy atom. The number of pyridine rings is 1. The molecular weight excluding hydrogens is 342 g/mol. The first-order chi connectivity index (χ1) is 13.1. The first kappa shape index (κ1) is 18.5. The predicted molar refractivity (Wildman–Crippen MR) is 104 cm³/mol. The maximum atomic E-state index is 13.0. The van der Waals surface area contributed by atoms with E-state index in [1.807, 2.05) is 37.3 Å². The molecule has 5 heteroatoms. The maximum Gasteiger partial charge on any atom is 0.211 e. The molecular formula is C22H21NO4. The Kier molecular flexibility index (Phi) is 5.41. The third kappa shape index (κ3) is 3.77. The van der Waals surface area contributed by atoms with Crippen LogP contribution in [0.5, 0.6) is 17.2 Å². The summed E-state index contributed by atoms with van der Waals surface area (Å²) in [7, 11) is 4.55. The molecule has 5 nitrogen and oxygen atoms in total. The lowest BCUT2D eigenvalue weighted by Gasteiger charge is -2.13. The van der Waals surface area contributed by atoms with Crippen molar-refractivity contribution in [2.45, 2.75) is 6.92 Å². The third-order valence-corrected chi connectivity index (χ3v) is 4.30. The van der Waals surface area contributed by atoms with E-state index in [0.717, 1.165) is 11.1 Å². The number of ether oxygens (including phenoxy) is 3. The summed E-state index contributed by atoms with van der Waals surface area (Å²) in [4.78, 5) is 17.3. The highest BCUT2D eigenvalue weighted by atomic mass is 16.5. The fourth-order valence-corrected chi connectivity index (χ4v) is 2.84. The van der Waals surface area contributed by atoms with Gasteiger partial charge in [-0.25, -0.2) is 0 Å². The first-order valence-electron chi connectivity index (χ1n) is 8.45. The Balaban J connectivity index is 2.01. The van der Waals surface area contributed by atoms with Crippen LogP contribution in [0.15, 0.2) is 54.7 Å². The molecule has 0 saturated carbocycles. The SMILES string of the molecule is COc1cc(C(=O)c2cc(-c3ccc(C)cc3)ccn2)cc(OC)c1OC. The summed E-state index contributed by atoms with van der Waals surface area (Å²) in [6, 6.07) is 15.1. The van der Waals surface area contributed by atoms with Gasteiger partial charge in [-0.15, -0.1) is 0 Å². The van der Waals surface area contributed by atoms with Crippen LogP contribution in [0, 0.1) is 6.92 Å². The number of aromatic nitrogens is 1. The number of ketones is 1. The van der Waals surface area contributed by atoms with Gasteiger partial charge in [0.05, 0.1) is 21.3 Å². The average Bonchev–Trinajstić information content (AvgIpc) is 2.72. The van der Waals surface area contributed by atoms with Gasteiger partial charge < -0.3 is 14.2 Å². The van der Waals surface area contributed by atoms with Crippen molar-refractivity contribution in [2.75, 3.05) is 21.3 Å². The van der Waals surface area contributed by atoms with Gasteiger partial charge in [-0.2, -0.15) is 0 Å². The molecule has 3 rings (SSSR count). The number of aryl methyl sites for hydroxylation is 1. The number of nitrogens with zero attached hydrogens (tertiary/aromatic N) is 1. The molecule has 0 amide bonds. The number of hydrogen-bond acceptors (Lipinski definition) is 5. The standard InChI is InChI=1S/C22H21NO4/c1-14-5-7-15(8-6-14)16-9-10-23-18(11-16)21(24)17-12-19(25-2)22(27-4)20(13-17)26-3/h5-13H,1-4H3. The Morgan fingerprint density at radius 1 is 0.815 bits per heavy atom. The van der Waals surface area contributed by atoms with Gasteiger partial charge >= 0.3 is 0 Å². The molecule has 3 aromatic rings. The van der Waals surface area contributed by atoms with Gasteiger partial charge in [0.15, 0.2) is 11.5 Å². The van der Waals surface area contributed by atoms with Gasteiger partial charge in [0.1, 0.15) is 5.69 Å². The first-order valence-corrected chi connectivity index (χ1v) is 8.45. The van der Waals surface area contributed by atoms with E-state index in [9.17, 15) is 4.79 Å². The molecule has 0 aliphatic carbocycles. The van der Waals surface area contributed by atoms with Crippen LogP contribution in [0.2, 0.25) is 0 Å². The van der Waals surface area contributed by atoms with Gasteiger partial charge in [-0.3, -0.25) is 9.78 Å². The van der Waals surface area contributed by atoms with Crippen LogP contribution >= 0.6 is 0 Å². The minimum Gasteiger partial charge on any atom is -0.493 e. The number of carbonyl (C=O) groups excluding carboxylic acids is 1. The molecule has 1 heterocycles. The van der Waals surface area contributed by atoms with Crippen molar-refractivity contribution in [2.24, 2.45) is 0 Å². The van der Waals surface area contributed by atoms with Crippen LogP contribution in [-0.2, 0) is 0 Å². The van der Waals surface area contributed by atoms with Gasteiger partial charge in [-0.05, 0) is 42.3 Å². The zero-order valence-corrected chi connectivity index (χ0v) is 15.8. The van der Waals surface area contributed by atoms with E-state index in [0.29, 0.717) is 28.5 Å². The molecule has 0 unspecified atom stereocenters. The third-order valence-electron chi connectivity index (χ3n) is 4.30. The fourth-order valence-electron chi connectivity index (χ4n) is 2.84. The molecule has 0 atom stereocenters. The summed E-state index contributed by atoms with van der Waals surface area (Å²) >= 11 is 0. The van der Waals surface area contributed by atoms with Crippen LogP contribution < -0.4 is 14.2 Å². The summed E-state index contributed by atoms with van der Waals surface area (Å²) in [5.74, 6) is 1.07. The molecule has 0 N–H and O–H groups in total. The second-order valence-electron chi connectivity index (χ2n) is 6.04. The predicted octanol–water partition coefficient (Wildman–Crippen LogP) is 4.31. The average molecular weight is 363 g/mol. The highest BCUT2D eigenvalue weighted by molar-refractivity contribution is 6.09. The second kappa shape index (κ2) is 7.91. The molecule has 0 bridgehead atoms. The molecule has 2 aromatic carbocycles. The van der Waals surface area contributed by atoms with Gasteiger partial charge in [0, 0.05) is 11.8 Å². The van der Waals surface area contributed by atoms with Gasteiger partial charge in [0.2, 0.25) is 11.5 Å². The van der Waals surface area contributed by atoms with E-state index in [1.54, 1.807) is 24.4 Å². The molecule has 0 fully saturated rings. The number of hydrogen-bond donors (Lipinski definition) is 0.